The predicted octanol–water partition coefficient (Wildman–Crippen LogP) is -0.212. The second kappa shape index (κ2) is 7.10. The molecule has 0 radical (unpaired) electrons. The second-order valence-electron chi connectivity index (χ2n) is 3.55. The minimum atomic E-state index is -1.36. The molecule has 0 aliphatic rings. The van der Waals surface area contributed by atoms with Crippen molar-refractivity contribution < 1.29 is 19.4 Å². The summed E-state index contributed by atoms with van der Waals surface area (Å²) in [7, 11) is 0. The molecule has 0 spiro atoms. The Bertz CT molecular complexity index is 394. The van der Waals surface area contributed by atoms with Gasteiger partial charge in [0.1, 0.15) is 0 Å². The molecule has 0 saturated carbocycles. The van der Waals surface area contributed by atoms with Crippen molar-refractivity contribution in [2.24, 2.45) is 5.73 Å². The van der Waals surface area contributed by atoms with E-state index in [-0.39, 0.29) is 13.2 Å². The maximum Gasteiger partial charge on any atom is 0.332 e. The Kier molecular flexibility index (Phi) is 5.76. The van der Waals surface area contributed by atoms with Crippen molar-refractivity contribution in [1.29, 1.82) is 0 Å². The van der Waals surface area contributed by atoms with E-state index in [0.717, 1.165) is 0 Å². The molecule has 1 rings (SSSR count). The fourth-order valence-electron chi connectivity index (χ4n) is 1.23. The molecule has 1 heterocycles. The van der Waals surface area contributed by atoms with E-state index in [0.29, 0.717) is 5.56 Å². The van der Waals surface area contributed by atoms with Crippen molar-refractivity contribution in [3.63, 3.8) is 0 Å². The van der Waals surface area contributed by atoms with Gasteiger partial charge in [-0.3, -0.25) is 4.79 Å². The maximum absolute atomic E-state index is 11.5. The van der Waals surface area contributed by atoms with E-state index < -0.39 is 24.0 Å². The summed E-state index contributed by atoms with van der Waals surface area (Å²) in [6, 6.07) is 0.395. The summed E-state index contributed by atoms with van der Waals surface area (Å²) < 4.78 is 4.62. The first-order chi connectivity index (χ1) is 8.56. The SMILES string of the molecule is CCOC(=O)C(N)C(=O)NCC(O)c1ccsc1. The van der Waals surface area contributed by atoms with Gasteiger partial charge in [-0.15, -0.1) is 0 Å². The zero-order chi connectivity index (χ0) is 13.5. The second-order valence-corrected chi connectivity index (χ2v) is 4.33. The molecule has 18 heavy (non-hydrogen) atoms. The molecular weight excluding hydrogens is 256 g/mol. The highest BCUT2D eigenvalue weighted by atomic mass is 32.1. The molecule has 100 valence electrons. The van der Waals surface area contributed by atoms with Crippen LogP contribution in [0.4, 0.5) is 0 Å². The Morgan fingerprint density at radius 1 is 1.61 bits per heavy atom. The average Bonchev–Trinajstić information content (AvgIpc) is 2.88. The summed E-state index contributed by atoms with van der Waals surface area (Å²) in [5, 5.41) is 15.7. The van der Waals surface area contributed by atoms with Gasteiger partial charge in [-0.05, 0) is 29.3 Å². The first-order valence-corrected chi connectivity index (χ1v) is 6.40. The molecule has 0 aliphatic carbocycles. The van der Waals surface area contributed by atoms with Crippen molar-refractivity contribution in [2.75, 3.05) is 13.2 Å². The Labute approximate surface area is 109 Å². The van der Waals surface area contributed by atoms with Gasteiger partial charge in [0, 0.05) is 6.54 Å². The van der Waals surface area contributed by atoms with Crippen LogP contribution in [0.1, 0.15) is 18.6 Å². The van der Waals surface area contributed by atoms with Crippen LogP contribution < -0.4 is 11.1 Å². The van der Waals surface area contributed by atoms with Crippen LogP contribution in [-0.4, -0.2) is 36.2 Å². The number of nitrogens with one attached hydrogen (secondary N) is 1. The van der Waals surface area contributed by atoms with Crippen LogP contribution in [0.3, 0.4) is 0 Å². The lowest BCUT2D eigenvalue weighted by Gasteiger charge is -2.13. The molecule has 7 heteroatoms. The van der Waals surface area contributed by atoms with E-state index in [4.69, 9.17) is 5.73 Å². The molecular formula is C11H16N2O4S. The number of hydrogen-bond donors (Lipinski definition) is 3. The van der Waals surface area contributed by atoms with E-state index in [1.165, 1.54) is 11.3 Å². The van der Waals surface area contributed by atoms with Crippen molar-refractivity contribution >= 4 is 23.2 Å². The largest absolute Gasteiger partial charge is 0.464 e. The molecule has 1 amide bonds. The minimum absolute atomic E-state index is 0.00265. The summed E-state index contributed by atoms with van der Waals surface area (Å²) in [5.74, 6) is -1.44. The zero-order valence-electron chi connectivity index (χ0n) is 9.96. The minimum Gasteiger partial charge on any atom is -0.464 e. The number of aliphatic hydroxyl groups is 1. The van der Waals surface area contributed by atoms with Crippen molar-refractivity contribution in [2.45, 2.75) is 19.1 Å². The Balaban J connectivity index is 2.39. The number of aliphatic hydroxyl groups excluding tert-OH is 1. The number of ether oxygens (including phenoxy) is 1. The van der Waals surface area contributed by atoms with Crippen molar-refractivity contribution in [1.82, 2.24) is 5.32 Å². The average molecular weight is 272 g/mol. The lowest BCUT2D eigenvalue weighted by atomic mass is 10.2. The van der Waals surface area contributed by atoms with Crippen LogP contribution in [0, 0.1) is 0 Å². The van der Waals surface area contributed by atoms with Gasteiger partial charge in [0.2, 0.25) is 5.91 Å². The smallest absolute Gasteiger partial charge is 0.332 e. The molecule has 6 nitrogen and oxygen atoms in total. The summed E-state index contributed by atoms with van der Waals surface area (Å²) in [4.78, 5) is 22.7. The van der Waals surface area contributed by atoms with Gasteiger partial charge >= 0.3 is 5.97 Å². The molecule has 2 atom stereocenters. The van der Waals surface area contributed by atoms with E-state index in [9.17, 15) is 14.7 Å². The predicted molar refractivity (Wildman–Crippen MR) is 66.9 cm³/mol. The highest BCUT2D eigenvalue weighted by molar-refractivity contribution is 7.07. The third kappa shape index (κ3) is 4.10. The normalized spacial score (nSPS) is 13.7. The van der Waals surface area contributed by atoms with E-state index in [2.05, 4.69) is 10.1 Å². The van der Waals surface area contributed by atoms with E-state index in [1.807, 2.05) is 5.38 Å². The molecule has 1 aromatic heterocycles. The Morgan fingerprint density at radius 3 is 2.89 bits per heavy atom. The standard InChI is InChI=1S/C11H16N2O4S/c1-2-17-11(16)9(12)10(15)13-5-8(14)7-3-4-18-6-7/h3-4,6,8-9,14H,2,5,12H2,1H3,(H,13,15). The highest BCUT2D eigenvalue weighted by Gasteiger charge is 2.23. The number of hydrogen-bond acceptors (Lipinski definition) is 6. The van der Waals surface area contributed by atoms with Crippen LogP contribution >= 0.6 is 11.3 Å². The van der Waals surface area contributed by atoms with Crippen LogP contribution in [0.15, 0.2) is 16.8 Å². The highest BCUT2D eigenvalue weighted by Crippen LogP contribution is 2.14. The summed E-state index contributed by atoms with van der Waals surface area (Å²) in [6.07, 6.45) is -0.811. The first-order valence-electron chi connectivity index (χ1n) is 5.46. The van der Waals surface area contributed by atoms with Gasteiger partial charge in [0.05, 0.1) is 12.7 Å². The number of rotatable bonds is 6. The molecule has 0 fully saturated rings. The third-order valence-electron chi connectivity index (χ3n) is 2.22. The summed E-state index contributed by atoms with van der Waals surface area (Å²) >= 11 is 1.45. The molecule has 1 aromatic rings. The van der Waals surface area contributed by atoms with Crippen LogP contribution in [-0.2, 0) is 14.3 Å². The topological polar surface area (TPSA) is 102 Å². The van der Waals surface area contributed by atoms with Crippen LogP contribution in [0.2, 0.25) is 0 Å². The van der Waals surface area contributed by atoms with Gasteiger partial charge in [0.25, 0.3) is 0 Å². The van der Waals surface area contributed by atoms with E-state index in [1.54, 1.807) is 18.4 Å². The maximum atomic E-state index is 11.5. The zero-order valence-corrected chi connectivity index (χ0v) is 10.8. The first kappa shape index (κ1) is 14.6. The van der Waals surface area contributed by atoms with Gasteiger partial charge in [-0.1, -0.05) is 0 Å². The lowest BCUT2D eigenvalue weighted by molar-refractivity contribution is -0.148. The monoisotopic (exact) mass is 272 g/mol. The fraction of sp³-hybridized carbons (Fsp3) is 0.455. The quantitative estimate of drug-likeness (QED) is 0.491. The lowest BCUT2D eigenvalue weighted by Crippen LogP contribution is -2.47. The van der Waals surface area contributed by atoms with Crippen LogP contribution in [0.5, 0.6) is 0 Å². The van der Waals surface area contributed by atoms with E-state index >= 15 is 0 Å². The van der Waals surface area contributed by atoms with Gasteiger partial charge in [0.15, 0.2) is 6.04 Å². The van der Waals surface area contributed by atoms with Crippen molar-refractivity contribution in [3.05, 3.63) is 22.4 Å². The van der Waals surface area contributed by atoms with Crippen molar-refractivity contribution in [3.8, 4) is 0 Å². The number of amides is 1. The molecule has 2 unspecified atom stereocenters. The summed E-state index contributed by atoms with van der Waals surface area (Å²) in [6.45, 7) is 1.79. The summed E-state index contributed by atoms with van der Waals surface area (Å²) in [5.41, 5.74) is 6.10. The van der Waals surface area contributed by atoms with Gasteiger partial charge in [-0.2, -0.15) is 11.3 Å². The number of thiophene rings is 1. The van der Waals surface area contributed by atoms with Gasteiger partial charge < -0.3 is 20.9 Å². The number of carbonyl (C=O) groups excluding carboxylic acids is 2. The number of esters is 1. The molecule has 0 aromatic carbocycles. The third-order valence-corrected chi connectivity index (χ3v) is 2.92. The Hall–Kier alpha value is -1.44. The Morgan fingerprint density at radius 2 is 2.33 bits per heavy atom. The molecule has 0 bridgehead atoms. The van der Waals surface area contributed by atoms with Gasteiger partial charge in [-0.25, -0.2) is 4.79 Å². The number of nitrogens with two attached hydrogens (primary N) is 1. The molecule has 0 aliphatic heterocycles. The fourth-order valence-corrected chi connectivity index (χ4v) is 1.94. The number of carbonyl (C=O) groups is 2. The molecule has 4 N–H and O–H groups in total. The van der Waals surface area contributed by atoms with Crippen LogP contribution in [0.25, 0.3) is 0 Å². The molecule has 0 saturated heterocycles.